The highest BCUT2D eigenvalue weighted by Crippen LogP contribution is 2.22. The molecule has 1 fully saturated rings. The zero-order valence-corrected chi connectivity index (χ0v) is 14.0. The van der Waals surface area contributed by atoms with E-state index >= 15 is 0 Å². The number of aromatic nitrogens is 1. The second kappa shape index (κ2) is 7.45. The van der Waals surface area contributed by atoms with Crippen molar-refractivity contribution in [3.63, 3.8) is 0 Å². The highest BCUT2D eigenvalue weighted by atomic mass is 35.5. The van der Waals surface area contributed by atoms with Crippen molar-refractivity contribution in [3.8, 4) is 0 Å². The van der Waals surface area contributed by atoms with E-state index < -0.39 is 10.8 Å². The highest BCUT2D eigenvalue weighted by molar-refractivity contribution is 6.31. The third kappa shape index (κ3) is 4.23. The third-order valence-electron chi connectivity index (χ3n) is 3.83. The molecule has 0 atom stereocenters. The lowest BCUT2D eigenvalue weighted by Crippen LogP contribution is -2.43. The van der Waals surface area contributed by atoms with Crippen LogP contribution in [0.15, 0.2) is 36.5 Å². The predicted octanol–water partition coefficient (Wildman–Crippen LogP) is 2.31. The SMILES string of the molecule is O=C(Nc1ccc(N2CCNCC2)cn1)c1cc(Cl)cc([N+](=O)[O-])c1. The largest absolute Gasteiger partial charge is 0.368 e. The predicted molar refractivity (Wildman–Crippen MR) is 95.4 cm³/mol. The fourth-order valence-corrected chi connectivity index (χ4v) is 2.80. The first-order chi connectivity index (χ1) is 12.0. The lowest BCUT2D eigenvalue weighted by molar-refractivity contribution is -0.384. The van der Waals surface area contributed by atoms with Crippen LogP contribution in [0.25, 0.3) is 0 Å². The van der Waals surface area contributed by atoms with Crippen LogP contribution in [0.5, 0.6) is 0 Å². The molecule has 0 radical (unpaired) electrons. The fourth-order valence-electron chi connectivity index (χ4n) is 2.57. The molecule has 1 saturated heterocycles. The van der Waals surface area contributed by atoms with Gasteiger partial charge in [-0.05, 0) is 18.2 Å². The second-order valence-electron chi connectivity index (χ2n) is 5.55. The van der Waals surface area contributed by atoms with Crippen LogP contribution >= 0.6 is 11.6 Å². The van der Waals surface area contributed by atoms with E-state index in [9.17, 15) is 14.9 Å². The van der Waals surface area contributed by atoms with Crippen LogP contribution in [-0.4, -0.2) is 42.0 Å². The van der Waals surface area contributed by atoms with Crippen molar-refractivity contribution >= 4 is 34.7 Å². The van der Waals surface area contributed by atoms with Gasteiger partial charge in [0.2, 0.25) is 0 Å². The van der Waals surface area contributed by atoms with E-state index in [1.54, 1.807) is 12.3 Å². The standard InChI is InChI=1S/C16H16ClN5O3/c17-12-7-11(8-14(9-12)22(24)25)16(23)20-15-2-1-13(10-19-15)21-5-3-18-4-6-21/h1-2,7-10,18H,3-6H2,(H,19,20,23). The molecule has 1 aromatic carbocycles. The van der Waals surface area contributed by atoms with Gasteiger partial charge in [0.15, 0.2) is 0 Å². The number of hydrogen-bond donors (Lipinski definition) is 2. The Bertz CT molecular complexity index is 791. The van der Waals surface area contributed by atoms with Gasteiger partial charge in [-0.1, -0.05) is 11.6 Å². The summed E-state index contributed by atoms with van der Waals surface area (Å²) < 4.78 is 0. The summed E-state index contributed by atoms with van der Waals surface area (Å²) in [6, 6.07) is 7.33. The molecule has 1 amide bonds. The van der Waals surface area contributed by atoms with Gasteiger partial charge in [0.25, 0.3) is 11.6 Å². The summed E-state index contributed by atoms with van der Waals surface area (Å²) in [6.45, 7) is 3.65. The Hall–Kier alpha value is -2.71. The smallest absolute Gasteiger partial charge is 0.271 e. The average molecular weight is 362 g/mol. The number of anilines is 2. The number of rotatable bonds is 4. The quantitative estimate of drug-likeness (QED) is 0.640. The highest BCUT2D eigenvalue weighted by Gasteiger charge is 2.15. The number of benzene rings is 1. The Morgan fingerprint density at radius 1 is 1.28 bits per heavy atom. The molecule has 0 bridgehead atoms. The molecule has 8 nitrogen and oxygen atoms in total. The zero-order chi connectivity index (χ0) is 17.8. The van der Waals surface area contributed by atoms with Gasteiger partial charge in [-0.3, -0.25) is 14.9 Å². The van der Waals surface area contributed by atoms with Crippen molar-refractivity contribution in [2.24, 2.45) is 0 Å². The molecule has 1 aliphatic rings. The number of pyridine rings is 1. The summed E-state index contributed by atoms with van der Waals surface area (Å²) >= 11 is 5.84. The van der Waals surface area contributed by atoms with Crippen molar-refractivity contribution in [2.45, 2.75) is 0 Å². The van der Waals surface area contributed by atoms with E-state index in [4.69, 9.17) is 11.6 Å². The average Bonchev–Trinajstić information content (AvgIpc) is 2.62. The van der Waals surface area contributed by atoms with Gasteiger partial charge in [0, 0.05) is 48.9 Å². The number of nitro benzene ring substituents is 1. The maximum absolute atomic E-state index is 12.3. The van der Waals surface area contributed by atoms with Crippen LogP contribution in [0.4, 0.5) is 17.2 Å². The number of non-ortho nitro benzene ring substituents is 1. The minimum Gasteiger partial charge on any atom is -0.368 e. The Balaban J connectivity index is 1.71. The molecule has 9 heteroatoms. The maximum atomic E-state index is 12.3. The van der Waals surface area contributed by atoms with Crippen molar-refractivity contribution < 1.29 is 9.72 Å². The molecule has 1 aliphatic heterocycles. The maximum Gasteiger partial charge on any atom is 0.271 e. The summed E-state index contributed by atoms with van der Waals surface area (Å²) in [7, 11) is 0. The molecule has 0 saturated carbocycles. The Morgan fingerprint density at radius 3 is 2.68 bits per heavy atom. The first-order valence-electron chi connectivity index (χ1n) is 7.71. The third-order valence-corrected chi connectivity index (χ3v) is 4.05. The molecule has 0 spiro atoms. The van der Waals surface area contributed by atoms with Gasteiger partial charge in [-0.25, -0.2) is 4.98 Å². The van der Waals surface area contributed by atoms with Crippen molar-refractivity contribution in [2.75, 3.05) is 36.4 Å². The van der Waals surface area contributed by atoms with Crippen LogP contribution in [0, 0.1) is 10.1 Å². The number of nitro groups is 1. The van der Waals surface area contributed by atoms with E-state index in [0.29, 0.717) is 5.82 Å². The molecule has 0 aliphatic carbocycles. The number of piperazine rings is 1. The van der Waals surface area contributed by atoms with E-state index in [-0.39, 0.29) is 16.3 Å². The number of carbonyl (C=O) groups is 1. The van der Waals surface area contributed by atoms with Gasteiger partial charge in [-0.2, -0.15) is 0 Å². The van der Waals surface area contributed by atoms with Crippen molar-refractivity contribution in [1.82, 2.24) is 10.3 Å². The Labute approximate surface area is 149 Å². The van der Waals surface area contributed by atoms with E-state index in [2.05, 4.69) is 20.5 Å². The molecule has 2 aromatic rings. The number of carbonyl (C=O) groups excluding carboxylic acids is 1. The molecule has 25 heavy (non-hydrogen) atoms. The van der Waals surface area contributed by atoms with Crippen LogP contribution in [0.3, 0.4) is 0 Å². The van der Waals surface area contributed by atoms with Crippen LogP contribution in [0.2, 0.25) is 5.02 Å². The van der Waals surface area contributed by atoms with Crippen LogP contribution in [-0.2, 0) is 0 Å². The van der Waals surface area contributed by atoms with E-state index in [1.165, 1.54) is 18.2 Å². The summed E-state index contributed by atoms with van der Waals surface area (Å²) in [4.78, 5) is 29.0. The van der Waals surface area contributed by atoms with Gasteiger partial charge in [0.05, 0.1) is 16.8 Å². The lowest BCUT2D eigenvalue weighted by Gasteiger charge is -2.29. The van der Waals surface area contributed by atoms with Gasteiger partial charge >= 0.3 is 0 Å². The topological polar surface area (TPSA) is 100 Å². The molecule has 0 unspecified atom stereocenters. The van der Waals surface area contributed by atoms with Gasteiger partial charge in [0.1, 0.15) is 5.82 Å². The molecule has 130 valence electrons. The van der Waals surface area contributed by atoms with Crippen LogP contribution in [0.1, 0.15) is 10.4 Å². The Morgan fingerprint density at radius 2 is 2.04 bits per heavy atom. The minimum atomic E-state index is -0.594. The number of nitrogens with zero attached hydrogens (tertiary/aromatic N) is 3. The first-order valence-corrected chi connectivity index (χ1v) is 8.09. The molecule has 1 aromatic heterocycles. The van der Waals surface area contributed by atoms with Crippen molar-refractivity contribution in [3.05, 3.63) is 57.2 Å². The second-order valence-corrected chi connectivity index (χ2v) is 5.98. The van der Waals surface area contributed by atoms with Gasteiger partial charge in [-0.15, -0.1) is 0 Å². The minimum absolute atomic E-state index is 0.104. The van der Waals surface area contributed by atoms with E-state index in [1.807, 2.05) is 6.07 Å². The number of hydrogen-bond acceptors (Lipinski definition) is 6. The molecule has 2 N–H and O–H groups in total. The zero-order valence-electron chi connectivity index (χ0n) is 13.2. The number of nitrogens with one attached hydrogen (secondary N) is 2. The summed E-state index contributed by atoms with van der Waals surface area (Å²) in [6.07, 6.45) is 1.70. The van der Waals surface area contributed by atoms with E-state index in [0.717, 1.165) is 31.9 Å². The molecule has 2 heterocycles. The molecular formula is C16H16ClN5O3. The number of halogens is 1. The molecular weight excluding hydrogens is 346 g/mol. The molecule has 3 rings (SSSR count). The Kier molecular flexibility index (Phi) is 5.11. The first kappa shape index (κ1) is 17.1. The van der Waals surface area contributed by atoms with Gasteiger partial charge < -0.3 is 15.5 Å². The van der Waals surface area contributed by atoms with Crippen LogP contribution < -0.4 is 15.5 Å². The monoisotopic (exact) mass is 361 g/mol. The summed E-state index contributed by atoms with van der Waals surface area (Å²) in [5, 5.41) is 16.9. The number of amides is 1. The lowest BCUT2D eigenvalue weighted by atomic mass is 10.2. The summed E-state index contributed by atoms with van der Waals surface area (Å²) in [5.74, 6) is -0.139. The van der Waals surface area contributed by atoms with Crippen molar-refractivity contribution in [1.29, 1.82) is 0 Å². The normalized spacial score (nSPS) is 14.2. The summed E-state index contributed by atoms with van der Waals surface area (Å²) in [5.41, 5.74) is 0.852. The fraction of sp³-hybridized carbons (Fsp3) is 0.250.